The molecular weight excluding hydrogens is 212 g/mol. The van der Waals surface area contributed by atoms with Crippen LogP contribution in [0, 0.1) is 6.92 Å². The fourth-order valence-corrected chi connectivity index (χ4v) is 2.71. The van der Waals surface area contributed by atoms with Crippen molar-refractivity contribution >= 4 is 0 Å². The Labute approximate surface area is 103 Å². The molecule has 0 saturated heterocycles. The van der Waals surface area contributed by atoms with Crippen molar-refractivity contribution in [1.29, 1.82) is 0 Å². The Hall–Kier alpha value is -0.930. The molecule has 2 atom stereocenters. The van der Waals surface area contributed by atoms with E-state index in [4.69, 9.17) is 0 Å². The smallest absolute Gasteiger partial charge is 0.0695 e. The van der Waals surface area contributed by atoms with Gasteiger partial charge < -0.3 is 5.11 Å². The van der Waals surface area contributed by atoms with Gasteiger partial charge in [-0.2, -0.15) is 0 Å². The zero-order valence-electron chi connectivity index (χ0n) is 10.8. The molecule has 17 heavy (non-hydrogen) atoms. The average Bonchev–Trinajstić information content (AvgIpc) is 2.72. The third kappa shape index (κ3) is 3.05. The van der Waals surface area contributed by atoms with E-state index in [2.05, 4.69) is 28.9 Å². The minimum absolute atomic E-state index is 0.153. The summed E-state index contributed by atoms with van der Waals surface area (Å²) in [6.45, 7) is 5.99. The predicted octanol–water partition coefficient (Wildman–Crippen LogP) is 2.13. The number of aliphatic hydroxyl groups excluding tert-OH is 1. The number of rotatable bonds is 4. The van der Waals surface area contributed by atoms with Crippen LogP contribution in [0.25, 0.3) is 0 Å². The third-order valence-electron chi connectivity index (χ3n) is 3.63. The molecule has 0 radical (unpaired) electrons. The Morgan fingerprint density at radius 3 is 2.82 bits per heavy atom. The molecule has 94 valence electrons. The fraction of sp³-hybridized carbons (Fsp3) is 0.643. The second-order valence-corrected chi connectivity index (χ2v) is 4.90. The SMILES string of the molecule is CCN(Cc1cccc(C)n1)[C@H]1CCC[C@@H]1O. The first-order chi connectivity index (χ1) is 8.20. The van der Waals surface area contributed by atoms with E-state index >= 15 is 0 Å². The number of aromatic nitrogens is 1. The van der Waals surface area contributed by atoms with Gasteiger partial charge in [0.15, 0.2) is 0 Å². The normalized spacial score (nSPS) is 24.5. The molecule has 0 aliphatic heterocycles. The van der Waals surface area contributed by atoms with E-state index in [1.807, 2.05) is 13.0 Å². The molecule has 0 aromatic carbocycles. The molecule has 1 aromatic rings. The Bertz CT molecular complexity index is 367. The molecule has 0 spiro atoms. The van der Waals surface area contributed by atoms with E-state index in [-0.39, 0.29) is 6.10 Å². The number of nitrogens with zero attached hydrogens (tertiary/aromatic N) is 2. The van der Waals surface area contributed by atoms with Crippen molar-refractivity contribution in [1.82, 2.24) is 9.88 Å². The van der Waals surface area contributed by atoms with Crippen LogP contribution in [0.3, 0.4) is 0 Å². The fourth-order valence-electron chi connectivity index (χ4n) is 2.71. The maximum Gasteiger partial charge on any atom is 0.0695 e. The second kappa shape index (κ2) is 5.61. The summed E-state index contributed by atoms with van der Waals surface area (Å²) in [5.41, 5.74) is 2.16. The summed E-state index contributed by atoms with van der Waals surface area (Å²) in [4.78, 5) is 6.88. The zero-order chi connectivity index (χ0) is 12.3. The first-order valence-electron chi connectivity index (χ1n) is 6.55. The maximum absolute atomic E-state index is 9.96. The summed E-state index contributed by atoms with van der Waals surface area (Å²) >= 11 is 0. The van der Waals surface area contributed by atoms with E-state index in [0.29, 0.717) is 6.04 Å². The highest BCUT2D eigenvalue weighted by Crippen LogP contribution is 2.25. The lowest BCUT2D eigenvalue weighted by atomic mass is 10.1. The number of aryl methyl sites for hydroxylation is 1. The highest BCUT2D eigenvalue weighted by atomic mass is 16.3. The number of aliphatic hydroxyl groups is 1. The molecule has 1 fully saturated rings. The van der Waals surface area contributed by atoms with Crippen LogP contribution in [0.5, 0.6) is 0 Å². The molecule has 1 saturated carbocycles. The first-order valence-corrected chi connectivity index (χ1v) is 6.55. The van der Waals surface area contributed by atoms with Gasteiger partial charge in [0.05, 0.1) is 11.8 Å². The maximum atomic E-state index is 9.96. The van der Waals surface area contributed by atoms with Crippen molar-refractivity contribution in [3.05, 3.63) is 29.6 Å². The minimum atomic E-state index is -0.153. The van der Waals surface area contributed by atoms with E-state index in [9.17, 15) is 5.11 Å². The minimum Gasteiger partial charge on any atom is -0.391 e. The molecule has 1 aliphatic rings. The summed E-state index contributed by atoms with van der Waals surface area (Å²) < 4.78 is 0. The van der Waals surface area contributed by atoms with Gasteiger partial charge in [-0.15, -0.1) is 0 Å². The van der Waals surface area contributed by atoms with Crippen LogP contribution in [-0.2, 0) is 6.54 Å². The monoisotopic (exact) mass is 234 g/mol. The number of hydrogen-bond acceptors (Lipinski definition) is 3. The largest absolute Gasteiger partial charge is 0.391 e. The van der Waals surface area contributed by atoms with Crippen LogP contribution in [0.4, 0.5) is 0 Å². The number of hydrogen-bond donors (Lipinski definition) is 1. The highest BCUT2D eigenvalue weighted by Gasteiger charge is 2.29. The molecule has 0 amide bonds. The standard InChI is InChI=1S/C14H22N2O/c1-3-16(13-8-5-9-14(13)17)10-12-7-4-6-11(2)15-12/h4,6-7,13-14,17H,3,5,8-10H2,1-2H3/t13-,14-/m0/s1. The summed E-state index contributed by atoms with van der Waals surface area (Å²) in [6.07, 6.45) is 3.05. The Balaban J connectivity index is 2.04. The lowest BCUT2D eigenvalue weighted by Crippen LogP contribution is -2.39. The Morgan fingerprint density at radius 2 is 2.24 bits per heavy atom. The van der Waals surface area contributed by atoms with Crippen molar-refractivity contribution in [3.63, 3.8) is 0 Å². The molecule has 1 aromatic heterocycles. The van der Waals surface area contributed by atoms with Crippen LogP contribution >= 0.6 is 0 Å². The van der Waals surface area contributed by atoms with Gasteiger partial charge in [0.1, 0.15) is 0 Å². The van der Waals surface area contributed by atoms with E-state index in [1.54, 1.807) is 0 Å². The van der Waals surface area contributed by atoms with E-state index in [0.717, 1.165) is 43.7 Å². The van der Waals surface area contributed by atoms with Crippen LogP contribution in [0.1, 0.15) is 37.6 Å². The van der Waals surface area contributed by atoms with Crippen molar-refractivity contribution in [3.8, 4) is 0 Å². The van der Waals surface area contributed by atoms with Gasteiger partial charge in [-0.25, -0.2) is 0 Å². The molecule has 3 nitrogen and oxygen atoms in total. The first kappa shape index (κ1) is 12.5. The summed E-state index contributed by atoms with van der Waals surface area (Å²) in [5, 5.41) is 9.96. The molecule has 1 aliphatic carbocycles. The molecule has 1 N–H and O–H groups in total. The molecule has 0 bridgehead atoms. The van der Waals surface area contributed by atoms with Gasteiger partial charge >= 0.3 is 0 Å². The third-order valence-corrected chi connectivity index (χ3v) is 3.63. The van der Waals surface area contributed by atoms with Gasteiger partial charge in [-0.05, 0) is 44.9 Å². The van der Waals surface area contributed by atoms with Crippen molar-refractivity contribution in [2.45, 2.75) is 51.8 Å². The average molecular weight is 234 g/mol. The van der Waals surface area contributed by atoms with Crippen molar-refractivity contribution in [2.75, 3.05) is 6.54 Å². The highest BCUT2D eigenvalue weighted by molar-refractivity contribution is 5.10. The van der Waals surface area contributed by atoms with Crippen LogP contribution < -0.4 is 0 Å². The van der Waals surface area contributed by atoms with Crippen LogP contribution in [-0.4, -0.2) is 33.7 Å². The number of pyridine rings is 1. The Morgan fingerprint density at radius 1 is 1.41 bits per heavy atom. The van der Waals surface area contributed by atoms with Gasteiger partial charge in [0.2, 0.25) is 0 Å². The van der Waals surface area contributed by atoms with Crippen molar-refractivity contribution < 1.29 is 5.11 Å². The molecule has 2 rings (SSSR count). The van der Waals surface area contributed by atoms with E-state index in [1.165, 1.54) is 0 Å². The van der Waals surface area contributed by atoms with Crippen molar-refractivity contribution in [2.24, 2.45) is 0 Å². The molecule has 3 heteroatoms. The second-order valence-electron chi connectivity index (χ2n) is 4.90. The predicted molar refractivity (Wildman–Crippen MR) is 68.7 cm³/mol. The number of likely N-dealkylation sites (N-methyl/N-ethyl adjacent to an activating group) is 1. The van der Waals surface area contributed by atoms with Crippen LogP contribution in [0.15, 0.2) is 18.2 Å². The summed E-state index contributed by atoms with van der Waals surface area (Å²) in [5.74, 6) is 0. The van der Waals surface area contributed by atoms with E-state index < -0.39 is 0 Å². The lowest BCUT2D eigenvalue weighted by Gasteiger charge is -2.29. The topological polar surface area (TPSA) is 36.4 Å². The van der Waals surface area contributed by atoms with Gasteiger partial charge in [-0.1, -0.05) is 13.0 Å². The summed E-state index contributed by atoms with van der Waals surface area (Å²) in [6, 6.07) is 6.46. The lowest BCUT2D eigenvalue weighted by molar-refractivity contribution is 0.0686. The molecular formula is C14H22N2O. The van der Waals surface area contributed by atoms with Gasteiger partial charge in [0.25, 0.3) is 0 Å². The summed E-state index contributed by atoms with van der Waals surface area (Å²) in [7, 11) is 0. The van der Waals surface area contributed by atoms with Gasteiger partial charge in [0, 0.05) is 18.3 Å². The van der Waals surface area contributed by atoms with Crippen LogP contribution in [0.2, 0.25) is 0 Å². The van der Waals surface area contributed by atoms with Gasteiger partial charge in [-0.3, -0.25) is 9.88 Å². The quantitative estimate of drug-likeness (QED) is 0.867. The molecule has 0 unspecified atom stereocenters. The Kier molecular flexibility index (Phi) is 4.13. The zero-order valence-corrected chi connectivity index (χ0v) is 10.8. The molecule has 1 heterocycles.